The number of halogens is 2. The third-order valence-electron chi connectivity index (χ3n) is 2.78. The van der Waals surface area contributed by atoms with E-state index in [1.54, 1.807) is 18.2 Å². The highest BCUT2D eigenvalue weighted by atomic mass is 79.9. The number of carbonyl (C=O) groups excluding carboxylic acids is 1. The Kier molecular flexibility index (Phi) is 5.56. The van der Waals surface area contributed by atoms with Crippen molar-refractivity contribution >= 4 is 56.6 Å². The van der Waals surface area contributed by atoms with Crippen molar-refractivity contribution in [3.63, 3.8) is 0 Å². The molecule has 1 unspecified atom stereocenters. The molecule has 2 aromatic carbocycles. The molecule has 110 valence electrons. The first-order valence-corrected chi connectivity index (χ1v) is 8.29. The summed E-state index contributed by atoms with van der Waals surface area (Å²) in [7, 11) is 0. The number of hydrogen-bond donors (Lipinski definition) is 2. The molecular formula is C15H14BrClN2OS. The molecule has 0 fully saturated rings. The van der Waals surface area contributed by atoms with Crippen LogP contribution in [-0.4, -0.2) is 11.2 Å². The molecule has 6 heteroatoms. The molecule has 1 atom stereocenters. The molecule has 1 amide bonds. The molecule has 0 heterocycles. The van der Waals surface area contributed by atoms with Gasteiger partial charge in [0, 0.05) is 14.4 Å². The third-order valence-corrected chi connectivity index (χ3v) is 5.15. The lowest BCUT2D eigenvalue weighted by Gasteiger charge is -2.14. The number of nitrogen functional groups attached to an aromatic ring is 1. The first kappa shape index (κ1) is 16.2. The van der Waals surface area contributed by atoms with Crippen LogP contribution >= 0.6 is 39.3 Å². The number of hydrogen-bond acceptors (Lipinski definition) is 3. The van der Waals surface area contributed by atoms with Gasteiger partial charge in [-0.15, -0.1) is 11.8 Å². The summed E-state index contributed by atoms with van der Waals surface area (Å²) in [5.41, 5.74) is 6.86. The minimum atomic E-state index is -0.251. The van der Waals surface area contributed by atoms with Crippen LogP contribution in [0.1, 0.15) is 6.92 Å². The lowest BCUT2D eigenvalue weighted by Crippen LogP contribution is -2.22. The zero-order valence-corrected chi connectivity index (χ0v) is 14.4. The molecule has 0 spiro atoms. The van der Waals surface area contributed by atoms with Crippen LogP contribution in [0, 0.1) is 0 Å². The summed E-state index contributed by atoms with van der Waals surface area (Å²) >= 11 is 10.8. The van der Waals surface area contributed by atoms with E-state index in [0.29, 0.717) is 16.4 Å². The average molecular weight is 386 g/mol. The Morgan fingerprint density at radius 2 is 2.05 bits per heavy atom. The molecule has 0 radical (unpaired) electrons. The predicted molar refractivity (Wildman–Crippen MR) is 94.0 cm³/mol. The second-order valence-corrected chi connectivity index (χ2v) is 7.08. The molecule has 0 aliphatic rings. The summed E-state index contributed by atoms with van der Waals surface area (Å²) in [4.78, 5) is 13.2. The van der Waals surface area contributed by atoms with Crippen LogP contribution in [0.15, 0.2) is 51.8 Å². The van der Waals surface area contributed by atoms with Crippen molar-refractivity contribution in [2.75, 3.05) is 11.1 Å². The molecule has 0 saturated heterocycles. The van der Waals surface area contributed by atoms with Gasteiger partial charge in [0.15, 0.2) is 0 Å². The minimum Gasteiger partial charge on any atom is -0.397 e. The van der Waals surface area contributed by atoms with Gasteiger partial charge in [-0.2, -0.15) is 0 Å². The SMILES string of the molecule is CC(Sc1ccccc1Br)C(=O)Nc1ccc(Cl)cc1N. The normalized spacial score (nSPS) is 12.0. The average Bonchev–Trinajstić information content (AvgIpc) is 2.44. The fraction of sp³-hybridized carbons (Fsp3) is 0.133. The van der Waals surface area contributed by atoms with Gasteiger partial charge in [0.25, 0.3) is 0 Å². The molecule has 2 rings (SSSR count). The summed E-state index contributed by atoms with van der Waals surface area (Å²) in [6.45, 7) is 1.85. The van der Waals surface area contributed by atoms with Crippen molar-refractivity contribution in [3.05, 3.63) is 52.0 Å². The molecule has 0 aliphatic carbocycles. The van der Waals surface area contributed by atoms with Crippen LogP contribution in [0.2, 0.25) is 5.02 Å². The smallest absolute Gasteiger partial charge is 0.237 e. The third kappa shape index (κ3) is 4.40. The van der Waals surface area contributed by atoms with Crippen molar-refractivity contribution in [2.45, 2.75) is 17.1 Å². The maximum absolute atomic E-state index is 12.2. The van der Waals surface area contributed by atoms with Gasteiger partial charge in [-0.1, -0.05) is 23.7 Å². The van der Waals surface area contributed by atoms with Crippen LogP contribution in [-0.2, 0) is 4.79 Å². The molecule has 0 bridgehead atoms. The highest BCUT2D eigenvalue weighted by molar-refractivity contribution is 9.10. The van der Waals surface area contributed by atoms with Crippen molar-refractivity contribution in [2.24, 2.45) is 0 Å². The number of nitrogens with two attached hydrogens (primary N) is 1. The number of carbonyl (C=O) groups is 1. The molecule has 0 aromatic heterocycles. The Morgan fingerprint density at radius 3 is 2.71 bits per heavy atom. The maximum atomic E-state index is 12.2. The first-order valence-electron chi connectivity index (χ1n) is 6.24. The maximum Gasteiger partial charge on any atom is 0.237 e. The van der Waals surface area contributed by atoms with Crippen LogP contribution in [0.25, 0.3) is 0 Å². The van der Waals surface area contributed by atoms with Gasteiger partial charge in [-0.25, -0.2) is 0 Å². The predicted octanol–water partition coefficient (Wildman–Crippen LogP) is 4.80. The van der Waals surface area contributed by atoms with Gasteiger partial charge in [-0.3, -0.25) is 4.79 Å². The summed E-state index contributed by atoms with van der Waals surface area (Å²) in [5, 5.41) is 3.11. The topological polar surface area (TPSA) is 55.1 Å². The second-order valence-electron chi connectivity index (χ2n) is 4.41. The van der Waals surface area contributed by atoms with Crippen LogP contribution in [0.3, 0.4) is 0 Å². The van der Waals surface area contributed by atoms with Gasteiger partial charge in [-0.05, 0) is 53.2 Å². The monoisotopic (exact) mass is 384 g/mol. The zero-order valence-electron chi connectivity index (χ0n) is 11.3. The highest BCUT2D eigenvalue weighted by Crippen LogP contribution is 2.31. The molecule has 3 nitrogen and oxygen atoms in total. The largest absolute Gasteiger partial charge is 0.397 e. The first-order chi connectivity index (χ1) is 9.97. The molecule has 21 heavy (non-hydrogen) atoms. The summed E-state index contributed by atoms with van der Waals surface area (Å²) in [5.74, 6) is -0.107. The Balaban J connectivity index is 2.04. The van der Waals surface area contributed by atoms with Gasteiger partial charge in [0.1, 0.15) is 0 Å². The number of benzene rings is 2. The van der Waals surface area contributed by atoms with Gasteiger partial charge in [0.05, 0.1) is 16.6 Å². The van der Waals surface area contributed by atoms with Crippen LogP contribution in [0.5, 0.6) is 0 Å². The van der Waals surface area contributed by atoms with E-state index in [1.165, 1.54) is 11.8 Å². The summed E-state index contributed by atoms with van der Waals surface area (Å²) in [6.07, 6.45) is 0. The number of nitrogens with one attached hydrogen (secondary N) is 1. The van der Waals surface area contributed by atoms with Crippen LogP contribution < -0.4 is 11.1 Å². The van der Waals surface area contributed by atoms with Crippen molar-refractivity contribution in [1.29, 1.82) is 0 Å². The number of amides is 1. The van der Waals surface area contributed by atoms with E-state index in [1.807, 2.05) is 31.2 Å². The zero-order chi connectivity index (χ0) is 15.4. The number of thioether (sulfide) groups is 1. The van der Waals surface area contributed by atoms with E-state index in [9.17, 15) is 4.79 Å². The molecular weight excluding hydrogens is 372 g/mol. The van der Waals surface area contributed by atoms with Crippen molar-refractivity contribution in [1.82, 2.24) is 0 Å². The highest BCUT2D eigenvalue weighted by Gasteiger charge is 2.16. The minimum absolute atomic E-state index is 0.107. The lowest BCUT2D eigenvalue weighted by atomic mass is 10.2. The quantitative estimate of drug-likeness (QED) is 0.587. The standard InChI is InChI=1S/C15H14BrClN2OS/c1-9(21-14-5-3-2-4-11(14)16)15(20)19-13-7-6-10(17)8-12(13)18/h2-9H,18H2,1H3,(H,19,20). The van der Waals surface area contributed by atoms with E-state index in [2.05, 4.69) is 21.2 Å². The van der Waals surface area contributed by atoms with Gasteiger partial charge >= 0.3 is 0 Å². The fourth-order valence-electron chi connectivity index (χ4n) is 1.67. The van der Waals surface area contributed by atoms with Crippen LogP contribution in [0.4, 0.5) is 11.4 Å². The van der Waals surface area contributed by atoms with Crippen molar-refractivity contribution < 1.29 is 4.79 Å². The van der Waals surface area contributed by atoms with E-state index in [4.69, 9.17) is 17.3 Å². The Bertz CT molecular complexity index is 666. The number of anilines is 2. The molecule has 0 saturated carbocycles. The van der Waals surface area contributed by atoms with E-state index >= 15 is 0 Å². The molecule has 2 aromatic rings. The van der Waals surface area contributed by atoms with Crippen molar-refractivity contribution in [3.8, 4) is 0 Å². The molecule has 3 N–H and O–H groups in total. The summed E-state index contributed by atoms with van der Waals surface area (Å²) in [6, 6.07) is 12.8. The van der Waals surface area contributed by atoms with Gasteiger partial charge < -0.3 is 11.1 Å². The summed E-state index contributed by atoms with van der Waals surface area (Å²) < 4.78 is 0.973. The Morgan fingerprint density at radius 1 is 1.33 bits per heavy atom. The lowest BCUT2D eigenvalue weighted by molar-refractivity contribution is -0.115. The molecule has 0 aliphatic heterocycles. The fourth-order valence-corrected chi connectivity index (χ4v) is 3.30. The van der Waals surface area contributed by atoms with Gasteiger partial charge in [0.2, 0.25) is 5.91 Å². The number of rotatable bonds is 4. The second kappa shape index (κ2) is 7.20. The Hall–Kier alpha value is -1.17. The Labute approximate surface area is 141 Å². The van der Waals surface area contributed by atoms with E-state index < -0.39 is 0 Å². The van der Waals surface area contributed by atoms with E-state index in [-0.39, 0.29) is 11.2 Å². The van der Waals surface area contributed by atoms with E-state index in [0.717, 1.165) is 9.37 Å².